The van der Waals surface area contributed by atoms with Crippen LogP contribution in [0.3, 0.4) is 0 Å². The summed E-state index contributed by atoms with van der Waals surface area (Å²) in [6, 6.07) is 17.4. The summed E-state index contributed by atoms with van der Waals surface area (Å²) in [7, 11) is 0. The van der Waals surface area contributed by atoms with Gasteiger partial charge in [0.05, 0.1) is 10.6 Å². The van der Waals surface area contributed by atoms with Crippen LogP contribution in [0.25, 0.3) is 16.7 Å². The normalized spacial score (nSPS) is 10.9. The predicted molar refractivity (Wildman–Crippen MR) is 114 cm³/mol. The van der Waals surface area contributed by atoms with Crippen molar-refractivity contribution in [3.05, 3.63) is 87.5 Å². The van der Waals surface area contributed by atoms with Gasteiger partial charge < -0.3 is 5.32 Å². The van der Waals surface area contributed by atoms with Crippen molar-refractivity contribution in [1.29, 1.82) is 0 Å². The van der Waals surface area contributed by atoms with E-state index in [1.54, 1.807) is 16.9 Å². The number of hydrogen-bond donors (Lipinski definition) is 1. The van der Waals surface area contributed by atoms with Crippen LogP contribution in [-0.4, -0.2) is 25.8 Å². The first kappa shape index (κ1) is 19.3. The van der Waals surface area contributed by atoms with Crippen molar-refractivity contribution in [1.82, 2.24) is 15.0 Å². The number of aryl methyl sites for hydroxylation is 2. The minimum absolute atomic E-state index is 0.00154. The molecule has 1 heterocycles. The first-order chi connectivity index (χ1) is 14.5. The molecule has 30 heavy (non-hydrogen) atoms. The molecule has 0 aliphatic heterocycles. The van der Waals surface area contributed by atoms with E-state index in [1.807, 2.05) is 37.3 Å². The standard InChI is InChI=1S/C22H19N5O3/c1-3-15-8-10-16(11-9-15)26-24-19-12-14(2)18(13-20(19)25-26)23-22(28)17-6-4-5-7-21(17)27(29)30/h4-13H,3H2,1-2H3,(H,23,28). The fourth-order valence-corrected chi connectivity index (χ4v) is 3.20. The highest BCUT2D eigenvalue weighted by atomic mass is 16.6. The van der Waals surface area contributed by atoms with Crippen molar-refractivity contribution in [2.24, 2.45) is 0 Å². The fourth-order valence-electron chi connectivity index (χ4n) is 3.20. The van der Waals surface area contributed by atoms with Gasteiger partial charge >= 0.3 is 0 Å². The second-order valence-corrected chi connectivity index (χ2v) is 6.89. The van der Waals surface area contributed by atoms with Crippen molar-refractivity contribution < 1.29 is 9.72 Å². The van der Waals surface area contributed by atoms with E-state index in [9.17, 15) is 14.9 Å². The average Bonchev–Trinajstić information content (AvgIpc) is 3.16. The van der Waals surface area contributed by atoms with E-state index in [1.165, 1.54) is 23.8 Å². The van der Waals surface area contributed by atoms with Gasteiger partial charge in [-0.05, 0) is 54.8 Å². The molecule has 0 aliphatic carbocycles. The summed E-state index contributed by atoms with van der Waals surface area (Å²) >= 11 is 0. The quantitative estimate of drug-likeness (QED) is 0.393. The van der Waals surface area contributed by atoms with Crippen LogP contribution >= 0.6 is 0 Å². The molecule has 0 fully saturated rings. The minimum Gasteiger partial charge on any atom is -0.321 e. The van der Waals surface area contributed by atoms with Crippen LogP contribution in [0, 0.1) is 17.0 Å². The maximum absolute atomic E-state index is 12.7. The Kier molecular flexibility index (Phi) is 4.97. The lowest BCUT2D eigenvalue weighted by atomic mass is 10.1. The largest absolute Gasteiger partial charge is 0.321 e. The highest BCUT2D eigenvalue weighted by Gasteiger charge is 2.20. The second kappa shape index (κ2) is 7.75. The van der Waals surface area contributed by atoms with Crippen LogP contribution in [0.15, 0.2) is 60.7 Å². The molecule has 1 N–H and O–H groups in total. The maximum Gasteiger partial charge on any atom is 0.282 e. The summed E-state index contributed by atoms with van der Waals surface area (Å²) in [5.41, 5.74) is 4.44. The Morgan fingerprint density at radius 3 is 2.40 bits per heavy atom. The third kappa shape index (κ3) is 3.62. The molecule has 0 atom stereocenters. The zero-order valence-corrected chi connectivity index (χ0v) is 16.5. The molecule has 8 heteroatoms. The number of anilines is 1. The van der Waals surface area contributed by atoms with Crippen molar-refractivity contribution in [3.8, 4) is 5.69 Å². The van der Waals surface area contributed by atoms with Gasteiger partial charge in [0.1, 0.15) is 16.6 Å². The SMILES string of the molecule is CCc1ccc(-n2nc3cc(C)c(NC(=O)c4ccccc4[N+](=O)[O-])cc3n2)cc1. The molecular formula is C22H19N5O3. The number of carbonyl (C=O) groups excluding carboxylic acids is 1. The molecule has 0 spiro atoms. The van der Waals surface area contributed by atoms with Gasteiger partial charge in [0.25, 0.3) is 11.6 Å². The lowest BCUT2D eigenvalue weighted by Gasteiger charge is -2.08. The predicted octanol–water partition coefficient (Wildman–Crippen LogP) is 4.45. The summed E-state index contributed by atoms with van der Waals surface area (Å²) in [6.45, 7) is 3.93. The van der Waals surface area contributed by atoms with Gasteiger partial charge in [-0.1, -0.05) is 31.2 Å². The van der Waals surface area contributed by atoms with Crippen LogP contribution < -0.4 is 5.32 Å². The van der Waals surface area contributed by atoms with E-state index in [-0.39, 0.29) is 11.3 Å². The van der Waals surface area contributed by atoms with Gasteiger partial charge in [-0.3, -0.25) is 14.9 Å². The molecule has 4 aromatic rings. The van der Waals surface area contributed by atoms with E-state index in [0.717, 1.165) is 17.7 Å². The smallest absolute Gasteiger partial charge is 0.282 e. The average molecular weight is 401 g/mol. The first-order valence-electron chi connectivity index (χ1n) is 9.48. The molecule has 8 nitrogen and oxygen atoms in total. The zero-order valence-electron chi connectivity index (χ0n) is 16.5. The summed E-state index contributed by atoms with van der Waals surface area (Å²) in [5, 5.41) is 23.0. The monoisotopic (exact) mass is 401 g/mol. The number of nitrogens with one attached hydrogen (secondary N) is 1. The molecule has 0 radical (unpaired) electrons. The van der Waals surface area contributed by atoms with Crippen molar-refractivity contribution >= 4 is 28.3 Å². The van der Waals surface area contributed by atoms with Crippen LogP contribution in [-0.2, 0) is 6.42 Å². The molecule has 1 amide bonds. The van der Waals surface area contributed by atoms with Gasteiger partial charge in [0.2, 0.25) is 0 Å². The molecule has 1 aromatic heterocycles. The Bertz CT molecular complexity index is 1260. The van der Waals surface area contributed by atoms with Gasteiger partial charge in [0.15, 0.2) is 0 Å². The number of benzene rings is 3. The number of amides is 1. The van der Waals surface area contributed by atoms with Crippen LogP contribution in [0.4, 0.5) is 11.4 Å². The van der Waals surface area contributed by atoms with Crippen LogP contribution in [0.2, 0.25) is 0 Å². The van der Waals surface area contributed by atoms with E-state index in [2.05, 4.69) is 22.4 Å². The molecule has 4 rings (SSSR count). The van der Waals surface area contributed by atoms with Gasteiger partial charge in [-0.2, -0.15) is 4.80 Å². The molecule has 3 aromatic carbocycles. The number of nitro benzene ring substituents is 1. The first-order valence-corrected chi connectivity index (χ1v) is 9.48. The molecule has 0 aliphatic rings. The number of carbonyl (C=O) groups is 1. The summed E-state index contributed by atoms with van der Waals surface area (Å²) < 4.78 is 0. The highest BCUT2D eigenvalue weighted by molar-refractivity contribution is 6.08. The van der Waals surface area contributed by atoms with Gasteiger partial charge in [-0.25, -0.2) is 0 Å². The molecule has 0 saturated carbocycles. The minimum atomic E-state index is -0.569. The lowest BCUT2D eigenvalue weighted by molar-refractivity contribution is -0.385. The van der Waals surface area contributed by atoms with Crippen LogP contribution in [0.5, 0.6) is 0 Å². The number of fused-ring (bicyclic) bond motifs is 1. The van der Waals surface area contributed by atoms with E-state index in [4.69, 9.17) is 0 Å². The Morgan fingerprint density at radius 1 is 1.07 bits per heavy atom. The van der Waals surface area contributed by atoms with Crippen molar-refractivity contribution in [3.63, 3.8) is 0 Å². The summed E-state index contributed by atoms with van der Waals surface area (Å²) in [5.74, 6) is -0.549. The Balaban J connectivity index is 1.66. The molecule has 0 saturated heterocycles. The van der Waals surface area contributed by atoms with Crippen molar-refractivity contribution in [2.45, 2.75) is 20.3 Å². The summed E-state index contributed by atoms with van der Waals surface area (Å²) in [4.78, 5) is 24.8. The van der Waals surface area contributed by atoms with E-state index < -0.39 is 10.8 Å². The molecular weight excluding hydrogens is 382 g/mol. The number of para-hydroxylation sites is 1. The van der Waals surface area contributed by atoms with Gasteiger partial charge in [-0.15, -0.1) is 10.2 Å². The molecule has 0 unspecified atom stereocenters. The number of nitro groups is 1. The van der Waals surface area contributed by atoms with Gasteiger partial charge in [0, 0.05) is 11.8 Å². The second-order valence-electron chi connectivity index (χ2n) is 6.89. The number of hydrogen-bond acceptors (Lipinski definition) is 5. The summed E-state index contributed by atoms with van der Waals surface area (Å²) in [6.07, 6.45) is 0.955. The maximum atomic E-state index is 12.7. The topological polar surface area (TPSA) is 103 Å². The third-order valence-electron chi connectivity index (χ3n) is 4.90. The Hall–Kier alpha value is -4.07. The number of aromatic nitrogens is 3. The van der Waals surface area contributed by atoms with Crippen molar-refractivity contribution in [2.75, 3.05) is 5.32 Å². The highest BCUT2D eigenvalue weighted by Crippen LogP contribution is 2.25. The third-order valence-corrected chi connectivity index (χ3v) is 4.90. The fraction of sp³-hybridized carbons (Fsp3) is 0.136. The number of rotatable bonds is 5. The van der Waals surface area contributed by atoms with E-state index >= 15 is 0 Å². The molecule has 0 bridgehead atoms. The number of nitrogens with zero attached hydrogens (tertiary/aromatic N) is 4. The molecule has 150 valence electrons. The lowest BCUT2D eigenvalue weighted by Crippen LogP contribution is -2.14. The zero-order chi connectivity index (χ0) is 21.3. The Morgan fingerprint density at radius 2 is 1.73 bits per heavy atom. The van der Waals surface area contributed by atoms with E-state index in [0.29, 0.717) is 16.7 Å². The Labute approximate surface area is 172 Å². The van der Waals surface area contributed by atoms with Crippen LogP contribution in [0.1, 0.15) is 28.4 Å².